The van der Waals surface area contributed by atoms with Gasteiger partial charge in [0.15, 0.2) is 0 Å². The van der Waals surface area contributed by atoms with Crippen LogP contribution in [0.3, 0.4) is 0 Å². The Balaban J connectivity index is 2.13. The Morgan fingerprint density at radius 2 is 2.46 bits per heavy atom. The normalized spacial score (nSPS) is 23.2. The highest BCUT2D eigenvalue weighted by Crippen LogP contribution is 2.00. The molecule has 4 heteroatoms. The van der Waals surface area contributed by atoms with Gasteiger partial charge in [-0.15, -0.1) is 0 Å². The number of nitrogens with one attached hydrogen (secondary N) is 1. The zero-order valence-electron chi connectivity index (χ0n) is 8.21. The van der Waals surface area contributed by atoms with Crippen molar-refractivity contribution in [2.24, 2.45) is 5.92 Å². The van der Waals surface area contributed by atoms with Crippen LogP contribution in [0.25, 0.3) is 0 Å². The molecular weight excluding hydrogens is 170 g/mol. The number of hydrogen-bond acceptors (Lipinski definition) is 4. The van der Waals surface area contributed by atoms with Gasteiger partial charge in [0.25, 0.3) is 0 Å². The third-order valence-corrected chi connectivity index (χ3v) is 1.89. The molecule has 76 valence electrons. The van der Waals surface area contributed by atoms with Crippen molar-refractivity contribution in [1.29, 1.82) is 0 Å². The van der Waals surface area contributed by atoms with Gasteiger partial charge in [-0.1, -0.05) is 13.8 Å². The maximum Gasteiger partial charge on any atom is 0.308 e. The highest BCUT2D eigenvalue weighted by Gasteiger charge is 2.16. The van der Waals surface area contributed by atoms with Crippen LogP contribution in [-0.4, -0.2) is 38.4 Å². The number of carbonyl (C=O) groups is 1. The number of rotatable bonds is 3. The standard InChI is InChI=1S/C9H17NO3/c1-7(2)9(11)13-6-8-5-10-3-4-12-8/h7-8,10H,3-6H2,1-2H3/t8-/m0/s1. The van der Waals surface area contributed by atoms with Gasteiger partial charge in [0, 0.05) is 13.1 Å². The highest BCUT2D eigenvalue weighted by molar-refractivity contribution is 5.71. The van der Waals surface area contributed by atoms with Crippen molar-refractivity contribution >= 4 is 5.97 Å². The summed E-state index contributed by atoms with van der Waals surface area (Å²) >= 11 is 0. The van der Waals surface area contributed by atoms with Crippen molar-refractivity contribution in [2.45, 2.75) is 20.0 Å². The summed E-state index contributed by atoms with van der Waals surface area (Å²) in [5, 5.41) is 3.17. The van der Waals surface area contributed by atoms with Crippen LogP contribution >= 0.6 is 0 Å². The second kappa shape index (κ2) is 5.19. The van der Waals surface area contributed by atoms with Crippen LogP contribution in [0.1, 0.15) is 13.8 Å². The average molecular weight is 187 g/mol. The summed E-state index contributed by atoms with van der Waals surface area (Å²) in [7, 11) is 0. The lowest BCUT2D eigenvalue weighted by atomic mass is 10.2. The van der Waals surface area contributed by atoms with E-state index in [9.17, 15) is 4.79 Å². The van der Waals surface area contributed by atoms with Gasteiger partial charge in [0.2, 0.25) is 0 Å². The van der Waals surface area contributed by atoms with Crippen molar-refractivity contribution in [2.75, 3.05) is 26.3 Å². The SMILES string of the molecule is CC(C)C(=O)OC[C@@H]1CNCCO1. The van der Waals surface area contributed by atoms with Gasteiger partial charge in [-0.25, -0.2) is 0 Å². The number of esters is 1. The molecule has 0 aromatic heterocycles. The molecule has 1 fully saturated rings. The molecule has 4 nitrogen and oxygen atoms in total. The molecule has 1 aliphatic heterocycles. The first-order valence-corrected chi connectivity index (χ1v) is 4.69. The molecule has 0 radical (unpaired) electrons. The summed E-state index contributed by atoms with van der Waals surface area (Å²) < 4.78 is 10.4. The molecule has 1 heterocycles. The molecule has 0 aromatic carbocycles. The molecule has 1 rings (SSSR count). The summed E-state index contributed by atoms with van der Waals surface area (Å²) in [6.45, 7) is 6.36. The Morgan fingerprint density at radius 1 is 1.69 bits per heavy atom. The molecule has 0 aromatic rings. The zero-order valence-corrected chi connectivity index (χ0v) is 8.21. The van der Waals surface area contributed by atoms with E-state index in [-0.39, 0.29) is 18.0 Å². The maximum absolute atomic E-state index is 11.1. The number of ether oxygens (including phenoxy) is 2. The third-order valence-electron chi connectivity index (χ3n) is 1.89. The lowest BCUT2D eigenvalue weighted by Gasteiger charge is -2.23. The fraction of sp³-hybridized carbons (Fsp3) is 0.889. The molecule has 0 amide bonds. The van der Waals surface area contributed by atoms with Crippen molar-refractivity contribution in [1.82, 2.24) is 5.32 Å². The van der Waals surface area contributed by atoms with Gasteiger partial charge < -0.3 is 14.8 Å². The van der Waals surface area contributed by atoms with E-state index in [1.54, 1.807) is 0 Å². The second-order valence-corrected chi connectivity index (χ2v) is 3.48. The van der Waals surface area contributed by atoms with Crippen LogP contribution < -0.4 is 5.32 Å². The van der Waals surface area contributed by atoms with E-state index in [1.165, 1.54) is 0 Å². The number of hydrogen-bond donors (Lipinski definition) is 1. The minimum Gasteiger partial charge on any atom is -0.463 e. The third kappa shape index (κ3) is 3.74. The Kier molecular flexibility index (Phi) is 4.18. The fourth-order valence-electron chi connectivity index (χ4n) is 1.07. The van der Waals surface area contributed by atoms with Crippen LogP contribution in [0.5, 0.6) is 0 Å². The van der Waals surface area contributed by atoms with E-state index in [1.807, 2.05) is 13.8 Å². The average Bonchev–Trinajstić information content (AvgIpc) is 2.15. The first-order chi connectivity index (χ1) is 6.20. The smallest absolute Gasteiger partial charge is 0.308 e. The lowest BCUT2D eigenvalue weighted by Crippen LogP contribution is -2.41. The van der Waals surface area contributed by atoms with E-state index < -0.39 is 0 Å². The molecule has 0 unspecified atom stereocenters. The van der Waals surface area contributed by atoms with E-state index in [4.69, 9.17) is 9.47 Å². The van der Waals surface area contributed by atoms with Crippen LogP contribution in [0.2, 0.25) is 0 Å². The Morgan fingerprint density at radius 3 is 3.00 bits per heavy atom. The summed E-state index contributed by atoms with van der Waals surface area (Å²) in [5.41, 5.74) is 0. The number of carbonyl (C=O) groups excluding carboxylic acids is 1. The Bertz CT molecular complexity index is 164. The van der Waals surface area contributed by atoms with Crippen molar-refractivity contribution in [3.8, 4) is 0 Å². The molecule has 1 saturated heterocycles. The Labute approximate surface area is 78.6 Å². The minimum atomic E-state index is -0.158. The van der Waals surface area contributed by atoms with Crippen molar-refractivity contribution < 1.29 is 14.3 Å². The molecule has 1 atom stereocenters. The fourth-order valence-corrected chi connectivity index (χ4v) is 1.07. The molecule has 1 N–H and O–H groups in total. The van der Waals surface area contributed by atoms with Gasteiger partial charge >= 0.3 is 5.97 Å². The van der Waals surface area contributed by atoms with E-state index in [0.717, 1.165) is 13.1 Å². The topological polar surface area (TPSA) is 47.6 Å². The van der Waals surface area contributed by atoms with Crippen LogP contribution in [0, 0.1) is 5.92 Å². The van der Waals surface area contributed by atoms with E-state index in [2.05, 4.69) is 5.32 Å². The van der Waals surface area contributed by atoms with Gasteiger partial charge in [0.1, 0.15) is 12.7 Å². The van der Waals surface area contributed by atoms with E-state index >= 15 is 0 Å². The highest BCUT2D eigenvalue weighted by atomic mass is 16.6. The molecular formula is C9H17NO3. The lowest BCUT2D eigenvalue weighted by molar-refractivity contribution is -0.152. The van der Waals surface area contributed by atoms with E-state index in [0.29, 0.717) is 13.2 Å². The van der Waals surface area contributed by atoms with Crippen LogP contribution in [0.4, 0.5) is 0 Å². The largest absolute Gasteiger partial charge is 0.463 e. The van der Waals surface area contributed by atoms with Crippen LogP contribution in [0.15, 0.2) is 0 Å². The molecule has 0 spiro atoms. The summed E-state index contributed by atoms with van der Waals surface area (Å²) in [6, 6.07) is 0. The summed E-state index contributed by atoms with van der Waals surface area (Å²) in [6.07, 6.45) is 0.0245. The first-order valence-electron chi connectivity index (χ1n) is 4.69. The predicted octanol–water partition coefficient (Wildman–Crippen LogP) is 0.174. The predicted molar refractivity (Wildman–Crippen MR) is 48.4 cm³/mol. The summed E-state index contributed by atoms with van der Waals surface area (Å²) in [5.74, 6) is -0.217. The second-order valence-electron chi connectivity index (χ2n) is 3.48. The molecule has 0 saturated carbocycles. The van der Waals surface area contributed by atoms with Gasteiger partial charge in [0.05, 0.1) is 12.5 Å². The Hall–Kier alpha value is -0.610. The minimum absolute atomic E-state index is 0.0245. The molecule has 13 heavy (non-hydrogen) atoms. The van der Waals surface area contributed by atoms with Gasteiger partial charge in [-0.3, -0.25) is 4.79 Å². The van der Waals surface area contributed by atoms with Crippen molar-refractivity contribution in [3.63, 3.8) is 0 Å². The molecule has 1 aliphatic rings. The quantitative estimate of drug-likeness (QED) is 0.640. The van der Waals surface area contributed by atoms with Gasteiger partial charge in [-0.05, 0) is 0 Å². The van der Waals surface area contributed by atoms with Crippen molar-refractivity contribution in [3.05, 3.63) is 0 Å². The summed E-state index contributed by atoms with van der Waals surface area (Å²) in [4.78, 5) is 11.1. The molecule has 0 aliphatic carbocycles. The monoisotopic (exact) mass is 187 g/mol. The zero-order chi connectivity index (χ0) is 9.68. The van der Waals surface area contributed by atoms with Crippen LogP contribution in [-0.2, 0) is 14.3 Å². The first kappa shape index (κ1) is 10.5. The van der Waals surface area contributed by atoms with Gasteiger partial charge in [-0.2, -0.15) is 0 Å². The molecule has 0 bridgehead atoms. The number of morpholine rings is 1. The maximum atomic E-state index is 11.1.